The van der Waals surface area contributed by atoms with Crippen LogP contribution in [0.3, 0.4) is 0 Å². The first-order valence-corrected chi connectivity index (χ1v) is 9.07. The predicted octanol–water partition coefficient (Wildman–Crippen LogP) is 2.85. The van der Waals surface area contributed by atoms with E-state index in [-0.39, 0.29) is 11.9 Å². The van der Waals surface area contributed by atoms with Gasteiger partial charge in [0.25, 0.3) is 0 Å². The second-order valence-corrected chi connectivity index (χ2v) is 7.12. The van der Waals surface area contributed by atoms with E-state index in [0.29, 0.717) is 36.9 Å². The SMILES string of the molecule is Cn1nc(C2CC2)c(Nc2ncc(C(F)(F)F)c(N)n2)c1OC[C@H]1CCOC1. The van der Waals surface area contributed by atoms with Gasteiger partial charge in [0.1, 0.15) is 17.1 Å². The third-order valence-electron chi connectivity index (χ3n) is 4.83. The molecule has 1 atom stereocenters. The summed E-state index contributed by atoms with van der Waals surface area (Å²) in [5, 5.41) is 7.49. The van der Waals surface area contributed by atoms with E-state index in [1.54, 1.807) is 11.7 Å². The molecule has 3 heterocycles. The molecule has 1 saturated carbocycles. The van der Waals surface area contributed by atoms with E-state index in [9.17, 15) is 13.2 Å². The van der Waals surface area contributed by atoms with E-state index in [1.165, 1.54) is 0 Å². The number of anilines is 3. The normalized spacial score (nSPS) is 19.8. The minimum atomic E-state index is -4.60. The number of hydrogen-bond acceptors (Lipinski definition) is 7. The minimum Gasteiger partial charge on any atom is -0.476 e. The van der Waals surface area contributed by atoms with Crippen LogP contribution in [0.1, 0.15) is 36.4 Å². The lowest BCUT2D eigenvalue weighted by Gasteiger charge is -2.14. The number of nitrogens with one attached hydrogen (secondary N) is 1. The molecule has 1 aliphatic carbocycles. The Bertz CT molecular complexity index is 859. The lowest BCUT2D eigenvalue weighted by Crippen LogP contribution is -2.14. The predicted molar refractivity (Wildman–Crippen MR) is 94.3 cm³/mol. The highest BCUT2D eigenvalue weighted by Crippen LogP contribution is 2.46. The molecule has 0 bridgehead atoms. The van der Waals surface area contributed by atoms with Gasteiger partial charge in [0.15, 0.2) is 0 Å². The number of nitrogen functional groups attached to an aromatic ring is 1. The molecule has 11 heteroatoms. The maximum atomic E-state index is 12.9. The zero-order chi connectivity index (χ0) is 19.9. The summed E-state index contributed by atoms with van der Waals surface area (Å²) in [5.41, 5.74) is 5.78. The maximum Gasteiger partial charge on any atom is 0.421 e. The summed E-state index contributed by atoms with van der Waals surface area (Å²) in [6.45, 7) is 1.83. The van der Waals surface area contributed by atoms with Crippen LogP contribution in [-0.2, 0) is 18.0 Å². The number of aryl methyl sites for hydroxylation is 1. The number of hydrogen-bond donors (Lipinski definition) is 2. The smallest absolute Gasteiger partial charge is 0.421 e. The largest absolute Gasteiger partial charge is 0.476 e. The lowest BCUT2D eigenvalue weighted by molar-refractivity contribution is -0.137. The molecule has 0 radical (unpaired) electrons. The van der Waals surface area contributed by atoms with E-state index in [1.807, 2.05) is 0 Å². The molecule has 0 amide bonds. The molecular formula is C17H21F3N6O2. The average Bonchev–Trinajstić information content (AvgIpc) is 3.24. The molecule has 8 nitrogen and oxygen atoms in total. The third kappa shape index (κ3) is 3.84. The topological polar surface area (TPSA) is 100 Å². The average molecular weight is 398 g/mol. The van der Waals surface area contributed by atoms with Crippen molar-refractivity contribution in [1.82, 2.24) is 19.7 Å². The Morgan fingerprint density at radius 1 is 1.36 bits per heavy atom. The Morgan fingerprint density at radius 2 is 2.14 bits per heavy atom. The fraction of sp³-hybridized carbons (Fsp3) is 0.588. The van der Waals surface area contributed by atoms with Crippen LogP contribution in [0.2, 0.25) is 0 Å². The summed E-state index contributed by atoms with van der Waals surface area (Å²) >= 11 is 0. The summed E-state index contributed by atoms with van der Waals surface area (Å²) in [6, 6.07) is 0. The molecule has 0 spiro atoms. The molecular weight excluding hydrogens is 377 g/mol. The van der Waals surface area contributed by atoms with Crippen LogP contribution < -0.4 is 15.8 Å². The van der Waals surface area contributed by atoms with Crippen LogP contribution in [0.15, 0.2) is 6.20 Å². The molecule has 1 aliphatic heterocycles. The maximum absolute atomic E-state index is 12.9. The van der Waals surface area contributed by atoms with Gasteiger partial charge < -0.3 is 20.5 Å². The Hall–Kier alpha value is -2.56. The standard InChI is InChI=1S/C17H21F3N6O2/c1-26-15(28-8-9-4-5-27-7-9)13(12(25-26)10-2-3-10)23-16-22-6-11(14(21)24-16)17(18,19)20/h6,9-10H,2-5,7-8H2,1H3,(H3,21,22,23,24)/t9-/m0/s1. The molecule has 2 fully saturated rings. The zero-order valence-electron chi connectivity index (χ0n) is 15.3. The van der Waals surface area contributed by atoms with Crippen molar-refractivity contribution in [2.45, 2.75) is 31.4 Å². The highest BCUT2D eigenvalue weighted by atomic mass is 19.4. The monoisotopic (exact) mass is 398 g/mol. The van der Waals surface area contributed by atoms with E-state index in [0.717, 1.165) is 31.6 Å². The van der Waals surface area contributed by atoms with Crippen LogP contribution in [0.4, 0.5) is 30.6 Å². The molecule has 2 aromatic rings. The van der Waals surface area contributed by atoms with Crippen LogP contribution in [-0.4, -0.2) is 39.6 Å². The lowest BCUT2D eigenvalue weighted by atomic mass is 10.1. The van der Waals surface area contributed by atoms with Gasteiger partial charge in [0.2, 0.25) is 11.8 Å². The van der Waals surface area contributed by atoms with Crippen molar-refractivity contribution in [1.29, 1.82) is 0 Å². The number of alkyl halides is 3. The van der Waals surface area contributed by atoms with E-state index in [4.69, 9.17) is 15.2 Å². The second-order valence-electron chi connectivity index (χ2n) is 7.12. The number of aromatic nitrogens is 4. The first kappa shape index (κ1) is 18.8. The third-order valence-corrected chi connectivity index (χ3v) is 4.83. The van der Waals surface area contributed by atoms with Crippen molar-refractivity contribution in [2.24, 2.45) is 13.0 Å². The van der Waals surface area contributed by atoms with E-state index >= 15 is 0 Å². The summed E-state index contributed by atoms with van der Waals surface area (Å²) in [6.07, 6.45) is -1.01. The molecule has 152 valence electrons. The van der Waals surface area contributed by atoms with Gasteiger partial charge >= 0.3 is 6.18 Å². The van der Waals surface area contributed by atoms with Gasteiger partial charge in [-0.3, -0.25) is 0 Å². The molecule has 2 aromatic heterocycles. The molecule has 0 unspecified atom stereocenters. The quantitative estimate of drug-likeness (QED) is 0.772. The number of nitrogens with two attached hydrogens (primary N) is 1. The molecule has 0 aromatic carbocycles. The van der Waals surface area contributed by atoms with Gasteiger partial charge in [-0.15, -0.1) is 0 Å². The van der Waals surface area contributed by atoms with E-state index in [2.05, 4.69) is 20.4 Å². The van der Waals surface area contributed by atoms with Gasteiger partial charge in [-0.25, -0.2) is 9.67 Å². The zero-order valence-corrected chi connectivity index (χ0v) is 15.3. The molecule has 3 N–H and O–H groups in total. The van der Waals surface area contributed by atoms with Crippen molar-refractivity contribution >= 4 is 17.5 Å². The Morgan fingerprint density at radius 3 is 2.75 bits per heavy atom. The highest BCUT2D eigenvalue weighted by molar-refractivity contribution is 5.66. The number of nitrogens with zero attached hydrogens (tertiary/aromatic N) is 4. The fourth-order valence-corrected chi connectivity index (χ4v) is 3.15. The fourth-order valence-electron chi connectivity index (χ4n) is 3.15. The van der Waals surface area contributed by atoms with Crippen LogP contribution in [0, 0.1) is 5.92 Å². The summed E-state index contributed by atoms with van der Waals surface area (Å²) in [7, 11) is 1.76. The van der Waals surface area contributed by atoms with Crippen LogP contribution in [0.25, 0.3) is 0 Å². The number of ether oxygens (including phenoxy) is 2. The van der Waals surface area contributed by atoms with Crippen molar-refractivity contribution in [3.63, 3.8) is 0 Å². The van der Waals surface area contributed by atoms with Crippen LogP contribution in [0.5, 0.6) is 5.88 Å². The second kappa shape index (κ2) is 7.12. The Balaban J connectivity index is 1.59. The summed E-state index contributed by atoms with van der Waals surface area (Å²) in [4.78, 5) is 7.54. The van der Waals surface area contributed by atoms with Crippen molar-refractivity contribution < 1.29 is 22.6 Å². The Kier molecular flexibility index (Phi) is 4.77. The van der Waals surface area contributed by atoms with Gasteiger partial charge in [-0.05, 0) is 19.3 Å². The molecule has 4 rings (SSSR count). The first-order valence-electron chi connectivity index (χ1n) is 9.07. The summed E-state index contributed by atoms with van der Waals surface area (Å²) in [5.74, 6) is 0.413. The van der Waals surface area contributed by atoms with Gasteiger partial charge in [-0.2, -0.15) is 23.3 Å². The van der Waals surface area contributed by atoms with Gasteiger partial charge in [-0.1, -0.05) is 0 Å². The highest BCUT2D eigenvalue weighted by Gasteiger charge is 2.35. The molecule has 28 heavy (non-hydrogen) atoms. The molecule has 1 saturated heterocycles. The van der Waals surface area contributed by atoms with E-state index < -0.39 is 17.6 Å². The van der Waals surface area contributed by atoms with Crippen LogP contribution >= 0.6 is 0 Å². The molecule has 2 aliphatic rings. The Labute approximate surface area is 159 Å². The van der Waals surface area contributed by atoms with Crippen molar-refractivity contribution in [2.75, 3.05) is 30.9 Å². The van der Waals surface area contributed by atoms with Crippen molar-refractivity contribution in [3.8, 4) is 5.88 Å². The summed E-state index contributed by atoms with van der Waals surface area (Å²) < 4.78 is 51.6. The number of halogens is 3. The van der Waals surface area contributed by atoms with Gasteiger partial charge in [0, 0.05) is 31.7 Å². The number of rotatable bonds is 6. The van der Waals surface area contributed by atoms with Crippen molar-refractivity contribution in [3.05, 3.63) is 17.5 Å². The first-order chi connectivity index (χ1) is 13.3. The minimum absolute atomic E-state index is 0.0329. The van der Waals surface area contributed by atoms with Gasteiger partial charge in [0.05, 0.1) is 18.9 Å².